The number of likely N-dealkylation sites (N-methyl/N-ethyl adjacent to an activating group) is 1. The number of amides is 12. The fourth-order valence-corrected chi connectivity index (χ4v) is 11.8. The monoisotopic (exact) mass is 1560 g/mol. The lowest BCUT2D eigenvalue weighted by molar-refractivity contribution is -0.368. The van der Waals surface area contributed by atoms with Gasteiger partial charge in [0.05, 0.1) is 44.3 Å². The van der Waals surface area contributed by atoms with Gasteiger partial charge in [0.25, 0.3) is 0 Å². The van der Waals surface area contributed by atoms with E-state index in [1.807, 2.05) is 78.9 Å². The summed E-state index contributed by atoms with van der Waals surface area (Å²) in [6.07, 6.45) is 1.64. The van der Waals surface area contributed by atoms with Gasteiger partial charge in [-0.05, 0) is 91.9 Å². The van der Waals surface area contributed by atoms with Gasteiger partial charge in [0.15, 0.2) is 5.78 Å². The minimum absolute atomic E-state index is 0.0305. The SMILES string of the molecule is CC(=O)C(Cc1ccccc1)NC(=O)CNC(=O)C(Cc1ccccc1)NC(=O)[C@H](CCCC[NH3+])NC(=O)C(Cc1ccccc1)NC(=O)CNC(=O)C(N)Cc1ccccc1.CN[C@@H](CC(=O)[O-])C(=O)NC(Cc1ccccc1)C(=O)NCC(=O)N[C@@H](Cc1ccccc1)C(=O)N[C@@H](C)C(=O)N[C@@H](Cc1ccccc1)C(N)=O. The Bertz CT molecular complexity index is 4270. The van der Waals surface area contributed by atoms with Crippen molar-refractivity contribution in [1.29, 1.82) is 0 Å². The molecule has 0 saturated heterocycles. The van der Waals surface area contributed by atoms with E-state index in [9.17, 15) is 72.2 Å². The van der Waals surface area contributed by atoms with E-state index in [4.69, 9.17) is 11.5 Å². The van der Waals surface area contributed by atoms with Crippen LogP contribution < -0.4 is 86.1 Å². The van der Waals surface area contributed by atoms with E-state index < -0.39 is 163 Å². The van der Waals surface area contributed by atoms with Crippen LogP contribution in [0.4, 0.5) is 0 Å². The van der Waals surface area contributed by atoms with Crippen molar-refractivity contribution in [3.63, 3.8) is 0 Å². The van der Waals surface area contributed by atoms with Crippen LogP contribution in [0.1, 0.15) is 78.5 Å². The number of unbranched alkanes of at least 4 members (excludes halogenated alkanes) is 1. The molecule has 0 bridgehead atoms. The largest absolute Gasteiger partial charge is 0.550 e. The molecule has 0 saturated carbocycles. The number of carbonyl (C=O) groups excluding carboxylic acids is 14. The van der Waals surface area contributed by atoms with Crippen molar-refractivity contribution in [3.05, 3.63) is 251 Å². The third kappa shape index (κ3) is 33.4. The molecule has 0 aliphatic carbocycles. The van der Waals surface area contributed by atoms with Crippen molar-refractivity contribution >= 4 is 82.6 Å². The maximum absolute atomic E-state index is 14.1. The number of carboxylic acid groups (broad SMARTS) is 1. The summed E-state index contributed by atoms with van der Waals surface area (Å²) >= 11 is 0. The Morgan fingerprint density at radius 3 is 0.956 bits per heavy atom. The number of carboxylic acids is 1. The molecule has 7 aromatic rings. The molecule has 0 fully saturated rings. The van der Waals surface area contributed by atoms with E-state index in [2.05, 4.69) is 69.5 Å². The van der Waals surface area contributed by atoms with E-state index in [1.165, 1.54) is 20.9 Å². The Kier molecular flexibility index (Phi) is 38.5. The maximum Gasteiger partial charge on any atom is 0.243 e. The van der Waals surface area contributed by atoms with Crippen LogP contribution in [0, 0.1) is 0 Å². The Hall–Kier alpha value is -12.8. The van der Waals surface area contributed by atoms with E-state index in [0.29, 0.717) is 30.5 Å². The summed E-state index contributed by atoms with van der Waals surface area (Å²) in [5, 5.41) is 42.5. The number of ketones is 1. The standard InChI is InChI=1S/C47H58N8O7.C37H45N7O8/c1-32(56)39(27-34-18-8-3-9-19-34)52-42(57)31-51-45(60)40(28-35-20-10-4-11-21-35)55-46(61)38(24-14-15-25-48)54-47(62)41(29-36-22-12-5-13-23-36)53-43(58)30-50-44(59)37(49)26-33-16-6-2-7-17-33;1-23(34(49)43-27(33(38)48)18-24-12-6-3-7-13-24)41-37(52)30(20-26-16-10-5-11-17-26)42-31(45)22-40-35(50)29(19-25-14-8-4-9-15-25)44-36(51)28(39-2)21-32(46)47/h2-13,16-23,37-41H,14-15,24-31,48-49H2,1H3,(H,50,59)(H,51,60)(H,52,57)(H,53,58)(H,54,62)(H,55,61);3-17,23,27-30,39H,18-22H2,1-2H3,(H2,38,48)(H,40,50)(H,41,52)(H,42,45)(H,43,49)(H,44,51)(H,46,47)/t37?,38-,39?,40?,41?;23-,27-,28-,29?,30-/m00/s1. The third-order valence-corrected chi connectivity index (χ3v) is 18.1. The number of nitrogens with one attached hydrogen (secondary N) is 12. The predicted molar refractivity (Wildman–Crippen MR) is 423 cm³/mol. The lowest BCUT2D eigenvalue weighted by Crippen LogP contribution is -2.58. The van der Waals surface area contributed by atoms with Gasteiger partial charge in [0, 0.05) is 44.5 Å². The summed E-state index contributed by atoms with van der Waals surface area (Å²) < 4.78 is 0. The molecule has 0 radical (unpaired) electrons. The molecule has 0 heterocycles. The number of nitrogens with two attached hydrogens (primary N) is 2. The second-order valence-corrected chi connectivity index (χ2v) is 27.2. The highest BCUT2D eigenvalue weighted by molar-refractivity contribution is 5.98. The van der Waals surface area contributed by atoms with E-state index in [0.717, 1.165) is 27.8 Å². The Labute approximate surface area is 662 Å². The molecule has 114 heavy (non-hydrogen) atoms. The van der Waals surface area contributed by atoms with Crippen molar-refractivity contribution < 1.29 is 78.0 Å². The van der Waals surface area contributed by atoms with Gasteiger partial charge >= 0.3 is 0 Å². The summed E-state index contributed by atoms with van der Waals surface area (Å²) in [5.74, 6) is -9.77. The molecule has 0 aliphatic heterocycles. The Balaban J connectivity index is 0.000000361. The highest BCUT2D eigenvalue weighted by atomic mass is 16.4. The van der Waals surface area contributed by atoms with Crippen molar-refractivity contribution in [2.24, 2.45) is 11.5 Å². The van der Waals surface area contributed by atoms with Crippen molar-refractivity contribution in [3.8, 4) is 0 Å². The van der Waals surface area contributed by atoms with Crippen LogP contribution in [0.3, 0.4) is 0 Å². The second kappa shape index (κ2) is 48.8. The molecule has 10 atom stereocenters. The molecule has 0 spiro atoms. The van der Waals surface area contributed by atoms with Gasteiger partial charge in [-0.1, -0.05) is 212 Å². The normalized spacial score (nSPS) is 13.4. The minimum Gasteiger partial charge on any atom is -0.550 e. The van der Waals surface area contributed by atoms with Crippen LogP contribution in [-0.2, 0) is 112 Å². The van der Waals surface area contributed by atoms with E-state index in [1.54, 1.807) is 133 Å². The lowest BCUT2D eigenvalue weighted by Gasteiger charge is -2.26. The summed E-state index contributed by atoms with van der Waals surface area (Å²) in [7, 11) is 1.39. The first-order valence-electron chi connectivity index (χ1n) is 37.5. The van der Waals surface area contributed by atoms with Crippen LogP contribution in [0.5, 0.6) is 0 Å². The molecule has 604 valence electrons. The number of Topliss-reactive ketones (excluding diaryl/α,β-unsaturated/α-hetero) is 1. The van der Waals surface area contributed by atoms with Crippen molar-refractivity contribution in [1.82, 2.24) is 63.8 Å². The molecule has 5 unspecified atom stereocenters. The molecule has 0 aliphatic rings. The van der Waals surface area contributed by atoms with Gasteiger partial charge in [-0.15, -0.1) is 0 Å². The predicted octanol–water partition coefficient (Wildman–Crippen LogP) is -1.54. The second-order valence-electron chi connectivity index (χ2n) is 27.2. The molecule has 7 aromatic carbocycles. The Morgan fingerprint density at radius 1 is 0.342 bits per heavy atom. The molecule has 30 nitrogen and oxygen atoms in total. The third-order valence-electron chi connectivity index (χ3n) is 18.1. The minimum atomic E-state index is -1.46. The van der Waals surface area contributed by atoms with E-state index >= 15 is 0 Å². The van der Waals surface area contributed by atoms with Gasteiger partial charge in [0.1, 0.15) is 42.3 Å². The Morgan fingerprint density at radius 2 is 0.623 bits per heavy atom. The molecule has 30 heteroatoms. The summed E-state index contributed by atoms with van der Waals surface area (Å²) in [5.41, 5.74) is 20.8. The fourth-order valence-electron chi connectivity index (χ4n) is 11.8. The van der Waals surface area contributed by atoms with Crippen LogP contribution >= 0.6 is 0 Å². The highest BCUT2D eigenvalue weighted by Crippen LogP contribution is 2.13. The first-order valence-corrected chi connectivity index (χ1v) is 37.5. The van der Waals surface area contributed by atoms with Gasteiger partial charge in [-0.25, -0.2) is 0 Å². The number of hydrogen-bond acceptors (Lipinski definition) is 17. The number of primary amides is 1. The molecule has 7 rings (SSSR count). The molecular weight excluding hydrogens is 1460 g/mol. The van der Waals surface area contributed by atoms with Gasteiger partial charge < -0.3 is 90.9 Å². The van der Waals surface area contributed by atoms with E-state index in [-0.39, 0.29) is 57.1 Å². The number of hydrogen-bond donors (Lipinski definition) is 15. The molecular formula is C84H103N15O15. The summed E-state index contributed by atoms with van der Waals surface area (Å²) in [6.45, 7) is 1.91. The zero-order chi connectivity index (χ0) is 82.7. The summed E-state index contributed by atoms with van der Waals surface area (Å²) in [6, 6.07) is 52.1. The average Bonchev–Trinajstić information content (AvgIpc) is 0.856. The quantitative estimate of drug-likeness (QED) is 0.0192. The fraction of sp³-hybridized carbons (Fsp3) is 0.333. The van der Waals surface area contributed by atoms with Crippen LogP contribution in [0.15, 0.2) is 212 Å². The van der Waals surface area contributed by atoms with Crippen LogP contribution in [0.25, 0.3) is 0 Å². The first kappa shape index (κ1) is 90.1. The zero-order valence-electron chi connectivity index (χ0n) is 64.1. The van der Waals surface area contributed by atoms with Gasteiger partial charge in [-0.3, -0.25) is 62.3 Å². The molecule has 19 N–H and O–H groups in total. The first-order chi connectivity index (χ1) is 54.8. The topological polar surface area (TPSA) is 486 Å². The lowest BCUT2D eigenvalue weighted by atomic mass is 10.0. The molecule has 0 aromatic heterocycles. The van der Waals surface area contributed by atoms with Crippen LogP contribution in [-0.4, -0.2) is 176 Å². The van der Waals surface area contributed by atoms with Crippen LogP contribution in [0.2, 0.25) is 0 Å². The zero-order valence-corrected chi connectivity index (χ0v) is 64.1. The highest BCUT2D eigenvalue weighted by Gasteiger charge is 2.33. The number of benzene rings is 7. The molecule has 12 amide bonds. The number of quaternary nitrogens is 1. The maximum atomic E-state index is 14.1. The van der Waals surface area contributed by atoms with Gasteiger partial charge in [0.2, 0.25) is 70.9 Å². The summed E-state index contributed by atoms with van der Waals surface area (Å²) in [4.78, 5) is 182. The average molecular weight is 1560 g/mol. The van der Waals surface area contributed by atoms with Crippen molar-refractivity contribution in [2.45, 2.75) is 145 Å². The number of rotatable bonds is 45. The number of aliphatic carboxylic acids is 1. The van der Waals surface area contributed by atoms with Gasteiger partial charge in [-0.2, -0.15) is 0 Å². The number of carbonyl (C=O) groups is 14. The smallest absolute Gasteiger partial charge is 0.243 e. The van der Waals surface area contributed by atoms with Crippen molar-refractivity contribution in [2.75, 3.05) is 33.2 Å².